The van der Waals surface area contributed by atoms with Gasteiger partial charge in [-0.1, -0.05) is 0 Å². The fraction of sp³-hybridized carbons (Fsp3) is 0.250. The van der Waals surface area contributed by atoms with Crippen molar-refractivity contribution < 1.29 is 9.21 Å². The predicted octanol–water partition coefficient (Wildman–Crippen LogP) is 3.33. The number of nitrogens with one attached hydrogen (secondary N) is 2. The molecule has 9 nitrogen and oxygen atoms in total. The van der Waals surface area contributed by atoms with Gasteiger partial charge in [-0.25, -0.2) is 9.67 Å². The normalized spacial score (nSPS) is 14.7. The fourth-order valence-electron chi connectivity index (χ4n) is 3.12. The number of fused-ring (bicyclic) bond motifs is 1. The molecule has 0 bridgehead atoms. The highest BCUT2D eigenvalue weighted by Crippen LogP contribution is 2.40. The van der Waals surface area contributed by atoms with Crippen molar-refractivity contribution in [1.82, 2.24) is 24.7 Å². The lowest BCUT2D eigenvalue weighted by Crippen LogP contribution is -2.18. The number of anilines is 2. The molecule has 0 aliphatic heterocycles. The molecule has 0 saturated heterocycles. The molecule has 9 heteroatoms. The largest absolute Gasteiger partial charge is 0.445 e. The van der Waals surface area contributed by atoms with E-state index in [4.69, 9.17) is 4.42 Å². The van der Waals surface area contributed by atoms with E-state index in [1.54, 1.807) is 36.4 Å². The molecular formula is C20H19N7O2. The molecule has 0 aromatic carbocycles. The highest BCUT2D eigenvalue weighted by atomic mass is 16.3. The minimum atomic E-state index is -0.314. The summed E-state index contributed by atoms with van der Waals surface area (Å²) in [5, 5.41) is 11.1. The summed E-state index contributed by atoms with van der Waals surface area (Å²) in [6, 6.07) is 3.70. The minimum Gasteiger partial charge on any atom is -0.445 e. The van der Waals surface area contributed by atoms with Crippen LogP contribution in [0.2, 0.25) is 0 Å². The molecule has 0 unspecified atom stereocenters. The van der Waals surface area contributed by atoms with Gasteiger partial charge in [-0.3, -0.25) is 9.78 Å². The van der Waals surface area contributed by atoms with Gasteiger partial charge in [0.25, 0.3) is 5.91 Å². The van der Waals surface area contributed by atoms with Crippen molar-refractivity contribution in [2.75, 3.05) is 10.6 Å². The first-order chi connectivity index (χ1) is 14.0. The molecule has 29 heavy (non-hydrogen) atoms. The molecule has 1 aliphatic rings. The third-order valence-electron chi connectivity index (χ3n) is 4.96. The number of nitrogens with zero attached hydrogens (tertiary/aromatic N) is 5. The minimum absolute atomic E-state index is 0.00357. The molecule has 2 N–H and O–H groups in total. The second-order valence-corrected chi connectivity index (χ2v) is 7.47. The predicted molar refractivity (Wildman–Crippen MR) is 107 cm³/mol. The summed E-state index contributed by atoms with van der Waals surface area (Å²) in [4.78, 5) is 25.9. The van der Waals surface area contributed by atoms with E-state index in [0.29, 0.717) is 34.0 Å². The Morgan fingerprint density at radius 3 is 2.90 bits per heavy atom. The van der Waals surface area contributed by atoms with Crippen LogP contribution in [0.15, 0.2) is 47.6 Å². The summed E-state index contributed by atoms with van der Waals surface area (Å²) in [6.07, 6.45) is 10.2. The maximum Gasteiger partial charge on any atom is 0.259 e. The van der Waals surface area contributed by atoms with Crippen LogP contribution >= 0.6 is 0 Å². The van der Waals surface area contributed by atoms with Gasteiger partial charge < -0.3 is 15.1 Å². The third kappa shape index (κ3) is 3.31. The maximum absolute atomic E-state index is 12.9. The summed E-state index contributed by atoms with van der Waals surface area (Å²) in [6.45, 7) is 3.93. The lowest BCUT2D eigenvalue weighted by Gasteiger charge is -2.13. The summed E-state index contributed by atoms with van der Waals surface area (Å²) < 4.78 is 7.20. The molecule has 146 valence electrons. The topological polar surface area (TPSA) is 111 Å². The Morgan fingerprint density at radius 2 is 2.14 bits per heavy atom. The van der Waals surface area contributed by atoms with E-state index in [-0.39, 0.29) is 11.4 Å². The van der Waals surface area contributed by atoms with Crippen LogP contribution in [-0.2, 0) is 0 Å². The number of pyridine rings is 1. The van der Waals surface area contributed by atoms with Gasteiger partial charge >= 0.3 is 0 Å². The van der Waals surface area contributed by atoms with Crippen LogP contribution in [0.4, 0.5) is 11.5 Å². The van der Waals surface area contributed by atoms with Crippen molar-refractivity contribution in [3.8, 4) is 5.69 Å². The number of hydrogen-bond donors (Lipinski definition) is 2. The summed E-state index contributed by atoms with van der Waals surface area (Å²) in [5.41, 5.74) is 2.13. The summed E-state index contributed by atoms with van der Waals surface area (Å²) in [7, 11) is 0. The van der Waals surface area contributed by atoms with Crippen LogP contribution in [0.3, 0.4) is 0 Å². The molecule has 1 fully saturated rings. The van der Waals surface area contributed by atoms with Crippen LogP contribution in [-0.4, -0.2) is 36.2 Å². The first-order valence-electron chi connectivity index (χ1n) is 9.31. The summed E-state index contributed by atoms with van der Waals surface area (Å²) >= 11 is 0. The molecule has 1 aliphatic carbocycles. The molecule has 0 atom stereocenters. The highest BCUT2D eigenvalue weighted by molar-refractivity contribution is 6.14. The SMILES string of the molecule is Cc1nc(NC2(C)CC2)c2c(C(=O)Nc3cnn(-c4cccnc4)c3)coc2n1. The Balaban J connectivity index is 1.45. The van der Waals surface area contributed by atoms with Crippen molar-refractivity contribution in [2.45, 2.75) is 32.2 Å². The number of amides is 1. The number of hydrogen-bond acceptors (Lipinski definition) is 7. The Kier molecular flexibility index (Phi) is 3.83. The highest BCUT2D eigenvalue weighted by Gasteiger charge is 2.38. The average Bonchev–Trinajstić information content (AvgIpc) is 3.09. The quantitative estimate of drug-likeness (QED) is 0.538. The van der Waals surface area contributed by atoms with Crippen molar-refractivity contribution in [2.24, 2.45) is 0 Å². The van der Waals surface area contributed by atoms with Gasteiger partial charge in [0, 0.05) is 11.7 Å². The van der Waals surface area contributed by atoms with Crippen LogP contribution in [0.25, 0.3) is 16.8 Å². The van der Waals surface area contributed by atoms with Crippen LogP contribution in [0.5, 0.6) is 0 Å². The van der Waals surface area contributed by atoms with Crippen molar-refractivity contribution in [1.29, 1.82) is 0 Å². The maximum atomic E-state index is 12.9. The van der Waals surface area contributed by atoms with E-state index in [9.17, 15) is 4.79 Å². The Labute approximate surface area is 166 Å². The number of carbonyl (C=O) groups excluding carboxylic acids is 1. The van der Waals surface area contributed by atoms with Gasteiger partial charge in [-0.15, -0.1) is 0 Å². The number of rotatable bonds is 5. The molecular weight excluding hydrogens is 370 g/mol. The van der Waals surface area contributed by atoms with Crippen LogP contribution in [0, 0.1) is 6.92 Å². The van der Waals surface area contributed by atoms with E-state index in [0.717, 1.165) is 18.5 Å². The monoisotopic (exact) mass is 389 g/mol. The average molecular weight is 389 g/mol. The van der Waals surface area contributed by atoms with Crippen LogP contribution < -0.4 is 10.6 Å². The van der Waals surface area contributed by atoms with Gasteiger partial charge in [0.2, 0.25) is 5.71 Å². The van der Waals surface area contributed by atoms with Gasteiger partial charge in [-0.05, 0) is 38.8 Å². The Bertz CT molecular complexity index is 1210. The molecule has 0 radical (unpaired) electrons. The molecule has 0 spiro atoms. The summed E-state index contributed by atoms with van der Waals surface area (Å²) in [5.74, 6) is 0.895. The van der Waals surface area contributed by atoms with E-state index in [2.05, 4.69) is 37.6 Å². The van der Waals surface area contributed by atoms with E-state index in [1.807, 2.05) is 12.1 Å². The van der Waals surface area contributed by atoms with Crippen molar-refractivity contribution >= 4 is 28.5 Å². The smallest absolute Gasteiger partial charge is 0.259 e. The van der Waals surface area contributed by atoms with Gasteiger partial charge in [0.1, 0.15) is 17.9 Å². The number of aromatic nitrogens is 5. The first kappa shape index (κ1) is 17.4. The zero-order chi connectivity index (χ0) is 20.0. The van der Waals surface area contributed by atoms with Gasteiger partial charge in [-0.2, -0.15) is 10.1 Å². The molecule has 1 amide bonds. The molecule has 5 rings (SSSR count). The van der Waals surface area contributed by atoms with Crippen molar-refractivity contribution in [3.05, 3.63) is 54.6 Å². The zero-order valence-corrected chi connectivity index (χ0v) is 16.0. The standard InChI is InChI=1S/C20H19N7O2/c1-12-23-17(26-20(2)5-6-20)16-15(11-29-19(16)24-12)18(28)25-13-8-22-27(10-13)14-4-3-7-21-9-14/h3-4,7-11H,5-6H2,1-2H3,(H,25,28)(H,23,24,26). The van der Waals surface area contributed by atoms with Gasteiger partial charge in [0.05, 0.1) is 40.9 Å². The second-order valence-electron chi connectivity index (χ2n) is 7.47. The Morgan fingerprint density at radius 1 is 1.28 bits per heavy atom. The van der Waals surface area contributed by atoms with Gasteiger partial charge in [0.15, 0.2) is 0 Å². The zero-order valence-electron chi connectivity index (χ0n) is 16.0. The lowest BCUT2D eigenvalue weighted by atomic mass is 10.2. The van der Waals surface area contributed by atoms with E-state index < -0.39 is 0 Å². The van der Waals surface area contributed by atoms with Crippen molar-refractivity contribution in [3.63, 3.8) is 0 Å². The number of furan rings is 1. The first-order valence-corrected chi connectivity index (χ1v) is 9.31. The lowest BCUT2D eigenvalue weighted by molar-refractivity contribution is 0.102. The molecule has 1 saturated carbocycles. The fourth-order valence-corrected chi connectivity index (χ4v) is 3.12. The van der Waals surface area contributed by atoms with E-state index >= 15 is 0 Å². The van der Waals surface area contributed by atoms with Crippen LogP contribution in [0.1, 0.15) is 35.9 Å². The third-order valence-corrected chi connectivity index (χ3v) is 4.96. The van der Waals surface area contributed by atoms with E-state index in [1.165, 1.54) is 6.26 Å². The number of aryl methyl sites for hydroxylation is 1. The second kappa shape index (κ2) is 6.40. The Hall–Kier alpha value is -3.75. The molecule has 4 aromatic rings. The molecule has 4 aromatic heterocycles. The molecule has 4 heterocycles. The number of carbonyl (C=O) groups is 1.